The highest BCUT2D eigenvalue weighted by Crippen LogP contribution is 2.60. The minimum Gasteiger partial charge on any atom is -0.351 e. The third-order valence-corrected chi connectivity index (χ3v) is 3.65. The molecule has 0 rings (SSSR count). The molecule has 0 aliphatic carbocycles. The van der Waals surface area contributed by atoms with Crippen LogP contribution >= 0.6 is 15.6 Å². The molecular weight excluding hydrogens is 278 g/mol. The van der Waals surface area contributed by atoms with Gasteiger partial charge in [0.1, 0.15) is 6.79 Å². The first-order valence-corrected chi connectivity index (χ1v) is 7.15. The van der Waals surface area contributed by atoms with Crippen LogP contribution in [0.15, 0.2) is 12.7 Å². The second kappa shape index (κ2) is 8.10. The highest BCUT2D eigenvalue weighted by molar-refractivity contribution is 7.61. The minimum atomic E-state index is -4.98. The molecule has 0 aromatic heterocycles. The van der Waals surface area contributed by atoms with Crippen molar-refractivity contribution in [2.75, 3.05) is 27.3 Å². The van der Waals surface area contributed by atoms with Gasteiger partial charge in [-0.3, -0.25) is 9.05 Å². The Labute approximate surface area is 98.1 Å². The van der Waals surface area contributed by atoms with E-state index in [1.165, 1.54) is 6.08 Å². The Morgan fingerprint density at radius 2 is 1.88 bits per heavy atom. The van der Waals surface area contributed by atoms with Gasteiger partial charge in [0.05, 0.1) is 6.61 Å². The van der Waals surface area contributed by atoms with Crippen molar-refractivity contribution in [3.8, 4) is 0 Å². The Morgan fingerprint density at radius 3 is 2.35 bits per heavy atom. The summed E-state index contributed by atoms with van der Waals surface area (Å²) in [6.45, 7) is 2.88. The lowest BCUT2D eigenvalue weighted by Gasteiger charge is -2.15. The van der Waals surface area contributed by atoms with Gasteiger partial charge in [0.2, 0.25) is 0 Å². The largest absolute Gasteiger partial charge is 0.485 e. The number of rotatable bonds is 10. The first-order valence-electron chi connectivity index (χ1n) is 4.16. The van der Waals surface area contributed by atoms with Gasteiger partial charge in [-0.15, -0.1) is 6.58 Å². The van der Waals surface area contributed by atoms with E-state index < -0.39 is 22.4 Å². The van der Waals surface area contributed by atoms with Crippen molar-refractivity contribution in [2.24, 2.45) is 0 Å². The van der Waals surface area contributed by atoms with Crippen molar-refractivity contribution in [3.05, 3.63) is 12.7 Å². The SMILES string of the molecule is C=CCOCOCOP(=O)(OC)OP(=O)(O)O. The second-order valence-corrected chi connectivity index (χ2v) is 5.58. The van der Waals surface area contributed by atoms with Crippen LogP contribution in [0.25, 0.3) is 0 Å². The van der Waals surface area contributed by atoms with Gasteiger partial charge in [0.15, 0.2) is 6.79 Å². The maximum absolute atomic E-state index is 11.4. The van der Waals surface area contributed by atoms with E-state index in [9.17, 15) is 9.13 Å². The summed E-state index contributed by atoms with van der Waals surface area (Å²) in [5, 5.41) is 0. The van der Waals surface area contributed by atoms with E-state index in [0.717, 1.165) is 7.11 Å². The van der Waals surface area contributed by atoms with Crippen molar-refractivity contribution in [1.29, 1.82) is 0 Å². The molecule has 2 N–H and O–H groups in total. The Balaban J connectivity index is 3.93. The Morgan fingerprint density at radius 1 is 1.24 bits per heavy atom. The summed E-state index contributed by atoms with van der Waals surface area (Å²) < 4.78 is 43.8. The quantitative estimate of drug-likeness (QED) is 0.263. The minimum absolute atomic E-state index is 0.175. The number of hydrogen-bond donors (Lipinski definition) is 2. The molecule has 0 amide bonds. The lowest BCUT2D eigenvalue weighted by Crippen LogP contribution is -2.05. The molecule has 0 saturated carbocycles. The Bertz CT molecular complexity index is 311. The van der Waals surface area contributed by atoms with E-state index in [-0.39, 0.29) is 13.4 Å². The van der Waals surface area contributed by atoms with Crippen LogP contribution in [0.3, 0.4) is 0 Å². The summed E-state index contributed by atoms with van der Waals surface area (Å²) in [5.74, 6) is 0. The molecule has 1 unspecified atom stereocenters. The smallest absolute Gasteiger partial charge is 0.351 e. The maximum Gasteiger partial charge on any atom is 0.485 e. The lowest BCUT2D eigenvalue weighted by molar-refractivity contribution is -0.0986. The van der Waals surface area contributed by atoms with Gasteiger partial charge in [-0.1, -0.05) is 6.08 Å². The van der Waals surface area contributed by atoms with E-state index in [4.69, 9.17) is 14.5 Å². The fraction of sp³-hybridized carbons (Fsp3) is 0.667. The number of phosphoric ester groups is 1. The van der Waals surface area contributed by atoms with Gasteiger partial charge >= 0.3 is 15.6 Å². The molecule has 0 aliphatic heterocycles. The molecule has 1 atom stereocenters. The maximum atomic E-state index is 11.4. The van der Waals surface area contributed by atoms with E-state index in [2.05, 4.69) is 24.7 Å². The molecular formula is C6H14O9P2. The van der Waals surface area contributed by atoms with E-state index >= 15 is 0 Å². The third kappa shape index (κ3) is 9.61. The van der Waals surface area contributed by atoms with Crippen LogP contribution < -0.4 is 0 Å². The molecule has 0 bridgehead atoms. The fourth-order valence-electron chi connectivity index (χ4n) is 0.566. The Kier molecular flexibility index (Phi) is 8.06. The lowest BCUT2D eigenvalue weighted by atomic mass is 10.7. The molecule has 9 nitrogen and oxygen atoms in total. The molecule has 11 heteroatoms. The summed E-state index contributed by atoms with van der Waals surface area (Å²) >= 11 is 0. The standard InChI is InChI=1S/C6H14O9P2/c1-3-4-12-5-13-6-14-17(10,11-2)15-16(7,8)9/h3H,1,4-6H2,2H3,(H2,7,8,9). The van der Waals surface area contributed by atoms with Gasteiger partial charge in [0.25, 0.3) is 0 Å². The molecule has 0 heterocycles. The second-order valence-electron chi connectivity index (χ2n) is 2.43. The number of phosphoric acid groups is 2. The Hall–Kier alpha value is -0.0800. The van der Waals surface area contributed by atoms with Crippen molar-refractivity contribution < 1.29 is 41.7 Å². The summed E-state index contributed by atoms with van der Waals surface area (Å²) in [5.41, 5.74) is 0. The van der Waals surface area contributed by atoms with Crippen LogP contribution in [0, 0.1) is 0 Å². The summed E-state index contributed by atoms with van der Waals surface area (Å²) in [7, 11) is -8.42. The third-order valence-electron chi connectivity index (χ3n) is 1.13. The highest BCUT2D eigenvalue weighted by Gasteiger charge is 2.34. The van der Waals surface area contributed by atoms with Crippen LogP contribution in [0.2, 0.25) is 0 Å². The average Bonchev–Trinajstić information content (AvgIpc) is 2.21. The summed E-state index contributed by atoms with van der Waals surface area (Å²) in [4.78, 5) is 16.9. The van der Waals surface area contributed by atoms with Crippen LogP contribution in [-0.2, 0) is 32.0 Å². The predicted octanol–water partition coefficient (Wildman–Crippen LogP) is 1.00. The molecule has 0 fully saturated rings. The molecule has 0 radical (unpaired) electrons. The average molecular weight is 292 g/mol. The van der Waals surface area contributed by atoms with Crippen LogP contribution in [0.5, 0.6) is 0 Å². The van der Waals surface area contributed by atoms with Crippen LogP contribution in [0.1, 0.15) is 0 Å². The van der Waals surface area contributed by atoms with Gasteiger partial charge < -0.3 is 19.3 Å². The molecule has 0 aromatic rings. The molecule has 17 heavy (non-hydrogen) atoms. The van der Waals surface area contributed by atoms with Crippen molar-refractivity contribution in [2.45, 2.75) is 0 Å². The van der Waals surface area contributed by atoms with E-state index in [1.54, 1.807) is 0 Å². The first-order chi connectivity index (χ1) is 7.83. The van der Waals surface area contributed by atoms with E-state index in [1.807, 2.05) is 0 Å². The number of hydrogen-bond acceptors (Lipinski definition) is 7. The molecule has 102 valence electrons. The first kappa shape index (κ1) is 16.9. The molecule has 0 saturated heterocycles. The zero-order valence-corrected chi connectivity index (χ0v) is 10.8. The predicted molar refractivity (Wildman–Crippen MR) is 55.8 cm³/mol. The molecule has 0 aromatic carbocycles. The number of ether oxygens (including phenoxy) is 2. The van der Waals surface area contributed by atoms with Crippen molar-refractivity contribution >= 4 is 15.6 Å². The zero-order valence-electron chi connectivity index (χ0n) is 9.05. The summed E-state index contributed by atoms with van der Waals surface area (Å²) in [6, 6.07) is 0. The molecule has 0 aliphatic rings. The zero-order chi connectivity index (χ0) is 13.4. The van der Waals surface area contributed by atoms with E-state index in [0.29, 0.717) is 0 Å². The monoisotopic (exact) mass is 292 g/mol. The highest BCUT2D eigenvalue weighted by atomic mass is 31.3. The van der Waals surface area contributed by atoms with Crippen molar-refractivity contribution in [3.63, 3.8) is 0 Å². The van der Waals surface area contributed by atoms with Gasteiger partial charge in [-0.25, -0.2) is 9.13 Å². The van der Waals surface area contributed by atoms with Crippen LogP contribution in [0.4, 0.5) is 0 Å². The molecule has 0 spiro atoms. The van der Waals surface area contributed by atoms with Crippen LogP contribution in [-0.4, -0.2) is 37.1 Å². The fourth-order valence-corrected chi connectivity index (χ4v) is 2.37. The van der Waals surface area contributed by atoms with Gasteiger partial charge in [-0.05, 0) is 0 Å². The summed E-state index contributed by atoms with van der Waals surface area (Å²) in [6.07, 6.45) is 1.49. The van der Waals surface area contributed by atoms with Gasteiger partial charge in [-0.2, -0.15) is 4.31 Å². The normalized spacial score (nSPS) is 15.5. The van der Waals surface area contributed by atoms with Crippen molar-refractivity contribution in [1.82, 2.24) is 0 Å². The van der Waals surface area contributed by atoms with Gasteiger partial charge in [0, 0.05) is 7.11 Å². The topological polar surface area (TPSA) is 121 Å².